The molecule has 33 heavy (non-hydrogen) atoms. The summed E-state index contributed by atoms with van der Waals surface area (Å²) in [6, 6.07) is 18.5. The van der Waals surface area contributed by atoms with Crippen LogP contribution in [0.5, 0.6) is 0 Å². The van der Waals surface area contributed by atoms with Crippen LogP contribution >= 0.6 is 11.3 Å². The van der Waals surface area contributed by atoms with Crippen LogP contribution in [-0.2, 0) is 16.0 Å². The Hall–Kier alpha value is -3.78. The Morgan fingerprint density at radius 1 is 1.09 bits per heavy atom. The molecular weight excluding hydrogens is 438 g/mol. The fourth-order valence-corrected chi connectivity index (χ4v) is 4.52. The van der Waals surface area contributed by atoms with Gasteiger partial charge in [-0.1, -0.05) is 42.5 Å². The number of thiophene rings is 1. The number of anilines is 1. The number of aromatic nitrogens is 2. The number of hydrogen-bond donors (Lipinski definition) is 2. The van der Waals surface area contributed by atoms with Gasteiger partial charge in [0.25, 0.3) is 5.56 Å². The summed E-state index contributed by atoms with van der Waals surface area (Å²) in [4.78, 5) is 45.3. The van der Waals surface area contributed by atoms with E-state index in [4.69, 9.17) is 4.74 Å². The van der Waals surface area contributed by atoms with Crippen LogP contribution in [-0.4, -0.2) is 28.5 Å². The maximum absolute atomic E-state index is 12.6. The van der Waals surface area contributed by atoms with E-state index in [0.29, 0.717) is 40.1 Å². The minimum absolute atomic E-state index is 0.189. The van der Waals surface area contributed by atoms with Gasteiger partial charge in [0.2, 0.25) is 5.91 Å². The van der Waals surface area contributed by atoms with Crippen molar-refractivity contribution in [2.45, 2.75) is 26.2 Å². The molecule has 0 aliphatic rings. The summed E-state index contributed by atoms with van der Waals surface area (Å²) >= 11 is 1.34. The third kappa shape index (κ3) is 5.35. The van der Waals surface area contributed by atoms with Crippen molar-refractivity contribution >= 4 is 39.1 Å². The summed E-state index contributed by atoms with van der Waals surface area (Å²) in [5.41, 5.74) is 1.74. The molecule has 0 atom stereocenters. The molecule has 0 radical (unpaired) electrons. The van der Waals surface area contributed by atoms with Crippen LogP contribution in [0.3, 0.4) is 0 Å². The third-order valence-electron chi connectivity index (χ3n) is 5.02. The van der Waals surface area contributed by atoms with Gasteiger partial charge in [0, 0.05) is 17.7 Å². The van der Waals surface area contributed by atoms with Gasteiger partial charge in [0.1, 0.15) is 10.8 Å². The quantitative estimate of drug-likeness (QED) is 0.368. The second kappa shape index (κ2) is 10.2. The number of fused-ring (bicyclic) bond motifs is 1. The second-order valence-electron chi connectivity index (χ2n) is 7.37. The van der Waals surface area contributed by atoms with Crippen molar-refractivity contribution in [2.24, 2.45) is 0 Å². The van der Waals surface area contributed by atoms with Crippen LogP contribution in [0.25, 0.3) is 21.3 Å². The molecule has 8 heteroatoms. The highest BCUT2D eigenvalue weighted by atomic mass is 32.1. The van der Waals surface area contributed by atoms with Crippen molar-refractivity contribution in [3.8, 4) is 10.4 Å². The highest BCUT2D eigenvalue weighted by Gasteiger charge is 2.19. The van der Waals surface area contributed by atoms with Gasteiger partial charge >= 0.3 is 5.97 Å². The minimum Gasteiger partial charge on any atom is -0.462 e. The number of aromatic amines is 1. The predicted molar refractivity (Wildman–Crippen MR) is 130 cm³/mol. The van der Waals surface area contributed by atoms with Crippen molar-refractivity contribution in [3.63, 3.8) is 0 Å². The minimum atomic E-state index is -0.468. The van der Waals surface area contributed by atoms with Gasteiger partial charge in [-0.05, 0) is 37.1 Å². The topological polar surface area (TPSA) is 101 Å². The first-order valence-corrected chi connectivity index (χ1v) is 11.5. The Labute approximate surface area is 194 Å². The highest BCUT2D eigenvalue weighted by molar-refractivity contribution is 7.20. The zero-order valence-corrected chi connectivity index (χ0v) is 18.9. The number of hydrogen-bond acceptors (Lipinski definition) is 6. The number of benzene rings is 2. The number of para-hydroxylation sites is 1. The lowest BCUT2D eigenvalue weighted by Gasteiger charge is -2.06. The Morgan fingerprint density at radius 2 is 1.85 bits per heavy atom. The van der Waals surface area contributed by atoms with Crippen molar-refractivity contribution in [1.29, 1.82) is 0 Å². The molecule has 4 aromatic rings. The number of rotatable bonds is 8. The Morgan fingerprint density at radius 3 is 2.64 bits per heavy atom. The lowest BCUT2D eigenvalue weighted by Crippen LogP contribution is -2.15. The summed E-state index contributed by atoms with van der Waals surface area (Å²) in [5, 5.41) is 3.86. The number of H-pyrrole nitrogens is 1. The molecule has 168 valence electrons. The Bertz CT molecular complexity index is 1340. The van der Waals surface area contributed by atoms with E-state index in [9.17, 15) is 14.4 Å². The largest absolute Gasteiger partial charge is 0.462 e. The van der Waals surface area contributed by atoms with Crippen molar-refractivity contribution in [3.05, 3.63) is 82.4 Å². The SMILES string of the molecule is CCOC(=O)c1cc(-c2ccccc2)sc1NC(=O)CCCc1nc2ccccc2c(=O)[nH]1. The molecule has 0 saturated carbocycles. The number of ether oxygens (including phenoxy) is 1. The maximum Gasteiger partial charge on any atom is 0.341 e. The average Bonchev–Trinajstić information content (AvgIpc) is 3.24. The maximum atomic E-state index is 12.6. The van der Waals surface area contributed by atoms with E-state index >= 15 is 0 Å². The van der Waals surface area contributed by atoms with Gasteiger partial charge in [-0.2, -0.15) is 0 Å². The van der Waals surface area contributed by atoms with Gasteiger partial charge in [-0.3, -0.25) is 9.59 Å². The number of aryl methyl sites for hydroxylation is 1. The van der Waals surface area contributed by atoms with Crippen LogP contribution in [0.1, 0.15) is 35.9 Å². The van der Waals surface area contributed by atoms with Gasteiger partial charge in [0.05, 0.1) is 23.1 Å². The average molecular weight is 462 g/mol. The first kappa shape index (κ1) is 22.4. The molecule has 4 rings (SSSR count). The second-order valence-corrected chi connectivity index (χ2v) is 8.42. The van der Waals surface area contributed by atoms with E-state index in [1.165, 1.54) is 11.3 Å². The molecule has 2 aromatic heterocycles. The number of nitrogens with zero attached hydrogens (tertiary/aromatic N) is 1. The van der Waals surface area contributed by atoms with E-state index in [1.807, 2.05) is 36.4 Å². The number of carbonyl (C=O) groups is 2. The summed E-state index contributed by atoms with van der Waals surface area (Å²) < 4.78 is 5.16. The predicted octanol–water partition coefficient (Wildman–Crippen LogP) is 4.79. The molecule has 2 aromatic carbocycles. The summed E-state index contributed by atoms with van der Waals surface area (Å²) in [6.07, 6.45) is 1.17. The highest BCUT2D eigenvalue weighted by Crippen LogP contribution is 2.36. The Balaban J connectivity index is 1.44. The van der Waals surface area contributed by atoms with Gasteiger partial charge in [-0.25, -0.2) is 9.78 Å². The van der Waals surface area contributed by atoms with E-state index in [2.05, 4.69) is 15.3 Å². The lowest BCUT2D eigenvalue weighted by atomic mass is 10.1. The van der Waals surface area contributed by atoms with Crippen LogP contribution in [0.2, 0.25) is 0 Å². The number of esters is 1. The zero-order chi connectivity index (χ0) is 23.2. The van der Waals surface area contributed by atoms with Crippen LogP contribution < -0.4 is 10.9 Å². The number of amides is 1. The molecule has 0 aliphatic heterocycles. The monoisotopic (exact) mass is 461 g/mol. The van der Waals surface area contributed by atoms with E-state index in [0.717, 1.165) is 10.4 Å². The number of carbonyl (C=O) groups excluding carboxylic acids is 2. The smallest absolute Gasteiger partial charge is 0.341 e. The molecule has 0 unspecified atom stereocenters. The van der Waals surface area contributed by atoms with Crippen LogP contribution in [0.15, 0.2) is 65.5 Å². The number of nitrogens with one attached hydrogen (secondary N) is 2. The fourth-order valence-electron chi connectivity index (χ4n) is 3.45. The standard InChI is InChI=1S/C25H23N3O4S/c1-2-32-25(31)18-15-20(16-9-4-3-5-10-16)33-24(18)28-22(29)14-8-13-21-26-19-12-7-6-11-17(19)23(30)27-21/h3-7,9-12,15H,2,8,13-14H2,1H3,(H,28,29)(H,26,27,30). The molecule has 2 heterocycles. The lowest BCUT2D eigenvalue weighted by molar-refractivity contribution is -0.116. The molecule has 0 saturated heterocycles. The third-order valence-corrected chi connectivity index (χ3v) is 6.12. The molecule has 7 nitrogen and oxygen atoms in total. The van der Waals surface area contributed by atoms with Crippen LogP contribution in [0.4, 0.5) is 5.00 Å². The van der Waals surface area contributed by atoms with E-state index in [-0.39, 0.29) is 24.5 Å². The summed E-state index contributed by atoms with van der Waals surface area (Å²) in [6.45, 7) is 1.99. The molecular formula is C25H23N3O4S. The first-order valence-electron chi connectivity index (χ1n) is 10.7. The van der Waals surface area contributed by atoms with Crippen LogP contribution in [0, 0.1) is 0 Å². The normalized spacial score (nSPS) is 10.8. The molecule has 0 aliphatic carbocycles. The first-order chi connectivity index (χ1) is 16.0. The van der Waals surface area contributed by atoms with Crippen molar-refractivity contribution in [1.82, 2.24) is 9.97 Å². The van der Waals surface area contributed by atoms with Crippen molar-refractivity contribution in [2.75, 3.05) is 11.9 Å². The Kier molecular flexibility index (Phi) is 6.95. The summed E-state index contributed by atoms with van der Waals surface area (Å²) in [7, 11) is 0. The van der Waals surface area contributed by atoms with E-state index in [1.54, 1.807) is 31.2 Å². The molecule has 0 spiro atoms. The molecule has 2 N–H and O–H groups in total. The van der Waals surface area contributed by atoms with E-state index < -0.39 is 5.97 Å². The van der Waals surface area contributed by atoms with Gasteiger partial charge < -0.3 is 15.0 Å². The molecule has 1 amide bonds. The molecule has 0 bridgehead atoms. The van der Waals surface area contributed by atoms with Gasteiger partial charge in [-0.15, -0.1) is 11.3 Å². The fraction of sp³-hybridized carbons (Fsp3) is 0.200. The molecule has 0 fully saturated rings. The summed E-state index contributed by atoms with van der Waals surface area (Å²) in [5.74, 6) is -0.143. The van der Waals surface area contributed by atoms with Gasteiger partial charge in [0.15, 0.2) is 0 Å². The zero-order valence-electron chi connectivity index (χ0n) is 18.1. The van der Waals surface area contributed by atoms with Crippen molar-refractivity contribution < 1.29 is 14.3 Å².